The first-order valence-electron chi connectivity index (χ1n) is 6.69. The van der Waals surface area contributed by atoms with Gasteiger partial charge in [0.2, 0.25) is 5.91 Å². The van der Waals surface area contributed by atoms with E-state index >= 15 is 0 Å². The first-order chi connectivity index (χ1) is 8.90. The van der Waals surface area contributed by atoms with Crippen molar-refractivity contribution in [2.75, 3.05) is 6.54 Å². The van der Waals surface area contributed by atoms with Crippen molar-refractivity contribution in [2.24, 2.45) is 0 Å². The SMILES string of the molecule is Cc1ccc(C(C)NC(=O)CCNC(C)C)cc1F. The molecule has 0 saturated heterocycles. The van der Waals surface area contributed by atoms with Crippen LogP contribution in [0.4, 0.5) is 4.39 Å². The first kappa shape index (κ1) is 15.6. The topological polar surface area (TPSA) is 41.1 Å². The average molecular weight is 266 g/mol. The van der Waals surface area contributed by atoms with Gasteiger partial charge in [0, 0.05) is 19.0 Å². The lowest BCUT2D eigenvalue weighted by atomic mass is 10.1. The molecule has 1 aromatic carbocycles. The minimum Gasteiger partial charge on any atom is -0.350 e. The fourth-order valence-electron chi connectivity index (χ4n) is 1.75. The monoisotopic (exact) mass is 266 g/mol. The summed E-state index contributed by atoms with van der Waals surface area (Å²) in [6.07, 6.45) is 0.427. The number of aryl methyl sites for hydroxylation is 1. The summed E-state index contributed by atoms with van der Waals surface area (Å²) in [7, 11) is 0. The number of hydrogen-bond acceptors (Lipinski definition) is 2. The van der Waals surface area contributed by atoms with Crippen molar-refractivity contribution in [1.29, 1.82) is 0 Å². The van der Waals surface area contributed by atoms with E-state index in [0.717, 1.165) is 5.56 Å². The molecule has 3 nitrogen and oxygen atoms in total. The smallest absolute Gasteiger partial charge is 0.221 e. The van der Waals surface area contributed by atoms with E-state index in [2.05, 4.69) is 10.6 Å². The molecule has 0 aliphatic rings. The number of rotatable bonds is 6. The molecule has 0 heterocycles. The van der Waals surface area contributed by atoms with E-state index in [1.54, 1.807) is 13.0 Å². The molecule has 1 atom stereocenters. The van der Waals surface area contributed by atoms with Crippen molar-refractivity contribution in [1.82, 2.24) is 10.6 Å². The van der Waals surface area contributed by atoms with Crippen LogP contribution in [-0.2, 0) is 4.79 Å². The summed E-state index contributed by atoms with van der Waals surface area (Å²) in [4.78, 5) is 11.7. The summed E-state index contributed by atoms with van der Waals surface area (Å²) in [5.41, 5.74) is 1.40. The van der Waals surface area contributed by atoms with Crippen LogP contribution in [0.5, 0.6) is 0 Å². The predicted molar refractivity (Wildman–Crippen MR) is 75.5 cm³/mol. The molecule has 2 N–H and O–H groups in total. The molecule has 1 unspecified atom stereocenters. The van der Waals surface area contributed by atoms with Gasteiger partial charge in [-0.15, -0.1) is 0 Å². The van der Waals surface area contributed by atoms with E-state index in [-0.39, 0.29) is 17.8 Å². The second-order valence-electron chi connectivity index (χ2n) is 5.16. The Kier molecular flexibility index (Phi) is 5.96. The van der Waals surface area contributed by atoms with E-state index in [9.17, 15) is 9.18 Å². The number of nitrogens with one attached hydrogen (secondary N) is 2. The molecule has 0 saturated carbocycles. The van der Waals surface area contributed by atoms with Crippen LogP contribution in [0.15, 0.2) is 18.2 Å². The molecule has 0 aromatic heterocycles. The van der Waals surface area contributed by atoms with Crippen molar-refractivity contribution in [3.8, 4) is 0 Å². The molecule has 0 aliphatic heterocycles. The highest BCUT2D eigenvalue weighted by Crippen LogP contribution is 2.16. The number of carbonyl (C=O) groups excluding carboxylic acids is 1. The third-order valence-electron chi connectivity index (χ3n) is 2.98. The zero-order valence-electron chi connectivity index (χ0n) is 12.1. The van der Waals surface area contributed by atoms with Crippen molar-refractivity contribution < 1.29 is 9.18 Å². The molecule has 1 aromatic rings. The van der Waals surface area contributed by atoms with Gasteiger partial charge in [0.15, 0.2) is 0 Å². The third kappa shape index (κ3) is 5.39. The molecule has 1 amide bonds. The van der Waals surface area contributed by atoms with Crippen molar-refractivity contribution in [2.45, 2.75) is 46.2 Å². The van der Waals surface area contributed by atoms with Gasteiger partial charge in [-0.2, -0.15) is 0 Å². The van der Waals surface area contributed by atoms with E-state index in [0.29, 0.717) is 24.6 Å². The molecule has 0 bridgehead atoms. The molecule has 106 valence electrons. The van der Waals surface area contributed by atoms with Crippen molar-refractivity contribution >= 4 is 5.91 Å². The number of amides is 1. The standard InChI is InChI=1S/C15H23FN2O/c1-10(2)17-8-7-15(19)18-12(4)13-6-5-11(3)14(16)9-13/h5-6,9-10,12,17H,7-8H2,1-4H3,(H,18,19). The fourth-order valence-corrected chi connectivity index (χ4v) is 1.75. The van der Waals surface area contributed by atoms with Gasteiger partial charge in [-0.3, -0.25) is 4.79 Å². The highest BCUT2D eigenvalue weighted by molar-refractivity contribution is 5.76. The Bertz CT molecular complexity index is 432. The molecular formula is C15H23FN2O. The molecule has 0 aliphatic carbocycles. The van der Waals surface area contributed by atoms with Gasteiger partial charge < -0.3 is 10.6 Å². The van der Waals surface area contributed by atoms with Crippen molar-refractivity contribution in [3.05, 3.63) is 35.1 Å². The Labute approximate surface area is 114 Å². The Hall–Kier alpha value is -1.42. The predicted octanol–water partition coefficient (Wildman–Crippen LogP) is 2.70. The molecule has 1 rings (SSSR count). The lowest BCUT2D eigenvalue weighted by Gasteiger charge is -2.15. The molecule has 0 radical (unpaired) electrons. The van der Waals surface area contributed by atoms with Gasteiger partial charge in [0.1, 0.15) is 5.82 Å². The highest BCUT2D eigenvalue weighted by atomic mass is 19.1. The van der Waals surface area contributed by atoms with Crippen molar-refractivity contribution in [3.63, 3.8) is 0 Å². The van der Waals surface area contributed by atoms with Gasteiger partial charge in [-0.25, -0.2) is 4.39 Å². The Morgan fingerprint density at radius 1 is 1.32 bits per heavy atom. The number of hydrogen-bond donors (Lipinski definition) is 2. The highest BCUT2D eigenvalue weighted by Gasteiger charge is 2.10. The summed E-state index contributed by atoms with van der Waals surface area (Å²) in [5.74, 6) is -0.262. The largest absolute Gasteiger partial charge is 0.350 e. The summed E-state index contributed by atoms with van der Waals surface area (Å²) >= 11 is 0. The summed E-state index contributed by atoms with van der Waals surface area (Å²) in [6.45, 7) is 8.31. The zero-order chi connectivity index (χ0) is 14.4. The van der Waals surface area contributed by atoms with Crippen LogP contribution >= 0.6 is 0 Å². The van der Waals surface area contributed by atoms with Crippen LogP contribution in [0.25, 0.3) is 0 Å². The van der Waals surface area contributed by atoms with Crippen LogP contribution in [0, 0.1) is 12.7 Å². The zero-order valence-corrected chi connectivity index (χ0v) is 12.1. The second kappa shape index (κ2) is 7.24. The van der Waals surface area contributed by atoms with Crippen LogP contribution in [0.3, 0.4) is 0 Å². The Morgan fingerprint density at radius 2 is 2.00 bits per heavy atom. The van der Waals surface area contributed by atoms with Gasteiger partial charge in [-0.1, -0.05) is 26.0 Å². The molecule has 0 fully saturated rings. The second-order valence-corrected chi connectivity index (χ2v) is 5.16. The molecule has 19 heavy (non-hydrogen) atoms. The maximum absolute atomic E-state index is 13.4. The normalized spacial score (nSPS) is 12.5. The Morgan fingerprint density at radius 3 is 2.58 bits per heavy atom. The van der Waals surface area contributed by atoms with Crippen LogP contribution < -0.4 is 10.6 Å². The first-order valence-corrected chi connectivity index (χ1v) is 6.69. The average Bonchev–Trinajstić information content (AvgIpc) is 2.32. The van der Waals surface area contributed by atoms with Gasteiger partial charge in [-0.05, 0) is 31.0 Å². The summed E-state index contributed by atoms with van der Waals surface area (Å²) in [6, 6.07) is 5.24. The minimum atomic E-state index is -0.236. The van der Waals surface area contributed by atoms with Gasteiger partial charge in [0.25, 0.3) is 0 Å². The van der Waals surface area contributed by atoms with Gasteiger partial charge >= 0.3 is 0 Å². The molecule has 4 heteroatoms. The van der Waals surface area contributed by atoms with E-state index in [1.807, 2.05) is 26.8 Å². The van der Waals surface area contributed by atoms with Crippen LogP contribution in [0.1, 0.15) is 44.4 Å². The number of halogens is 1. The lowest BCUT2D eigenvalue weighted by molar-refractivity contribution is -0.121. The fraction of sp³-hybridized carbons (Fsp3) is 0.533. The quantitative estimate of drug-likeness (QED) is 0.831. The van der Waals surface area contributed by atoms with Gasteiger partial charge in [0.05, 0.1) is 6.04 Å². The summed E-state index contributed by atoms with van der Waals surface area (Å²) in [5, 5.41) is 6.06. The maximum atomic E-state index is 13.4. The van der Waals surface area contributed by atoms with E-state index in [1.165, 1.54) is 6.07 Å². The van der Waals surface area contributed by atoms with E-state index < -0.39 is 0 Å². The van der Waals surface area contributed by atoms with Crippen LogP contribution in [0.2, 0.25) is 0 Å². The van der Waals surface area contributed by atoms with Crippen LogP contribution in [-0.4, -0.2) is 18.5 Å². The molecule has 0 spiro atoms. The Balaban J connectivity index is 2.47. The maximum Gasteiger partial charge on any atom is 0.221 e. The number of benzene rings is 1. The minimum absolute atomic E-state index is 0.0263. The number of carbonyl (C=O) groups is 1. The third-order valence-corrected chi connectivity index (χ3v) is 2.98. The van der Waals surface area contributed by atoms with E-state index in [4.69, 9.17) is 0 Å². The summed E-state index contributed by atoms with van der Waals surface area (Å²) < 4.78 is 13.4. The molecular weight excluding hydrogens is 243 g/mol. The lowest BCUT2D eigenvalue weighted by Crippen LogP contribution is -2.32.